The van der Waals surface area contributed by atoms with Crippen molar-refractivity contribution in [3.8, 4) is 0 Å². The van der Waals surface area contributed by atoms with Crippen LogP contribution in [0, 0.1) is 0 Å². The van der Waals surface area contributed by atoms with E-state index in [1.165, 1.54) is 0 Å². The summed E-state index contributed by atoms with van der Waals surface area (Å²) in [6.45, 7) is 5.08. The number of nitrogens with two attached hydrogens (primary N) is 1. The second-order valence-corrected chi connectivity index (χ2v) is 5.26. The average molecular weight is 355 g/mol. The summed E-state index contributed by atoms with van der Waals surface area (Å²) in [5, 5.41) is 4.90. The fraction of sp³-hybridized carbons (Fsp3) is 0.800. The summed E-state index contributed by atoms with van der Waals surface area (Å²) in [7, 11) is 1.59. The van der Waals surface area contributed by atoms with E-state index in [0.29, 0.717) is 52.0 Å². The summed E-state index contributed by atoms with van der Waals surface area (Å²) in [5.74, 6) is -0.264. The first-order valence-electron chi connectivity index (χ1n) is 7.89. The molecule has 24 heavy (non-hydrogen) atoms. The van der Waals surface area contributed by atoms with E-state index in [1.807, 2.05) is 0 Å². The Labute approximate surface area is 140 Å². The minimum absolute atomic E-state index is 0.144. The highest BCUT2D eigenvalue weighted by molar-refractivity contribution is 5.81. The van der Waals surface area contributed by atoms with Crippen LogP contribution in [0.2, 0.25) is 0 Å². The Morgan fingerprint density at radius 3 is 2.42 bits per heavy atom. The Bertz CT molecular complexity index is 366. The molecule has 0 aromatic rings. The lowest BCUT2D eigenvalue weighted by molar-refractivity contribution is -0.122. The molecule has 0 aliphatic heterocycles. The number of rotatable bonds is 14. The Kier molecular flexibility index (Phi) is 12.3. The van der Waals surface area contributed by atoms with Crippen molar-refractivity contribution >= 4 is 5.91 Å². The summed E-state index contributed by atoms with van der Waals surface area (Å²) >= 11 is 0. The van der Waals surface area contributed by atoms with E-state index in [2.05, 4.69) is 17.2 Å². The molecule has 0 bridgehead atoms. The number of carbonyl (C=O) groups is 1. The zero-order valence-electron chi connectivity index (χ0n) is 14.1. The second kappa shape index (κ2) is 13.0. The van der Waals surface area contributed by atoms with Crippen LogP contribution in [0.25, 0.3) is 0 Å². The molecule has 142 valence electrons. The monoisotopic (exact) mass is 355 g/mol. The van der Waals surface area contributed by atoms with Crippen LogP contribution in [0.4, 0.5) is 13.2 Å². The average Bonchev–Trinajstić information content (AvgIpc) is 2.52. The van der Waals surface area contributed by atoms with Crippen LogP contribution >= 0.6 is 0 Å². The van der Waals surface area contributed by atoms with Gasteiger partial charge in [-0.15, -0.1) is 0 Å². The van der Waals surface area contributed by atoms with Gasteiger partial charge < -0.3 is 25.8 Å². The first-order chi connectivity index (χ1) is 11.3. The number of hydrogen-bond donors (Lipinski definition) is 3. The van der Waals surface area contributed by atoms with Crippen LogP contribution in [0.5, 0.6) is 0 Å². The van der Waals surface area contributed by atoms with Crippen molar-refractivity contribution in [1.29, 1.82) is 0 Å². The number of unbranched alkanes of at least 4 members (excludes halogenated alkanes) is 1. The Morgan fingerprint density at radius 2 is 1.79 bits per heavy atom. The molecule has 0 saturated carbocycles. The van der Waals surface area contributed by atoms with Gasteiger partial charge in [0.2, 0.25) is 5.91 Å². The van der Waals surface area contributed by atoms with E-state index in [-0.39, 0.29) is 12.5 Å². The van der Waals surface area contributed by atoms with Gasteiger partial charge in [-0.25, -0.2) is 0 Å². The zero-order chi connectivity index (χ0) is 18.4. The Morgan fingerprint density at radius 1 is 1.12 bits per heavy atom. The third-order valence-electron chi connectivity index (χ3n) is 3.16. The van der Waals surface area contributed by atoms with Gasteiger partial charge in [-0.1, -0.05) is 6.58 Å². The third kappa shape index (κ3) is 12.1. The number of amides is 1. The SMILES string of the molecule is C=C(NCCCCC(N)C(=O)NCCCOCCOC)C(F)(F)F. The predicted octanol–water partition coefficient (Wildman–Crippen LogP) is 1.32. The molecule has 1 unspecified atom stereocenters. The topological polar surface area (TPSA) is 85.6 Å². The van der Waals surface area contributed by atoms with Crippen LogP contribution in [-0.4, -0.2) is 58.1 Å². The van der Waals surface area contributed by atoms with Crippen molar-refractivity contribution in [3.05, 3.63) is 12.3 Å². The van der Waals surface area contributed by atoms with Crippen LogP contribution in [0.3, 0.4) is 0 Å². The molecule has 9 heteroatoms. The van der Waals surface area contributed by atoms with Crippen molar-refractivity contribution in [2.24, 2.45) is 5.73 Å². The largest absolute Gasteiger partial charge is 0.430 e. The summed E-state index contributed by atoms with van der Waals surface area (Å²) in [6.07, 6.45) is -2.32. The van der Waals surface area contributed by atoms with Crippen molar-refractivity contribution in [2.75, 3.05) is 40.0 Å². The zero-order valence-corrected chi connectivity index (χ0v) is 14.1. The molecule has 0 fully saturated rings. The standard InChI is InChI=1S/C15H28F3N3O3/c1-12(15(16,17)18)20-7-4-3-6-13(19)14(22)21-8-5-9-24-11-10-23-2/h13,20H,1,3-11,19H2,2H3,(H,21,22). The van der Waals surface area contributed by atoms with Crippen LogP contribution in [0.1, 0.15) is 25.7 Å². The number of carbonyl (C=O) groups excluding carboxylic acids is 1. The van der Waals surface area contributed by atoms with E-state index in [1.54, 1.807) is 7.11 Å². The number of hydrogen-bond acceptors (Lipinski definition) is 5. The first-order valence-corrected chi connectivity index (χ1v) is 7.89. The van der Waals surface area contributed by atoms with Gasteiger partial charge in [0.25, 0.3) is 0 Å². The smallest absolute Gasteiger partial charge is 0.382 e. The third-order valence-corrected chi connectivity index (χ3v) is 3.16. The Balaban J connectivity index is 3.57. The van der Waals surface area contributed by atoms with Gasteiger partial charge in [-0.3, -0.25) is 4.79 Å². The molecule has 0 saturated heterocycles. The van der Waals surface area contributed by atoms with E-state index in [4.69, 9.17) is 15.2 Å². The molecule has 0 radical (unpaired) electrons. The maximum absolute atomic E-state index is 12.2. The van der Waals surface area contributed by atoms with Gasteiger partial charge >= 0.3 is 6.18 Å². The maximum Gasteiger partial charge on any atom is 0.430 e. The van der Waals surface area contributed by atoms with Crippen molar-refractivity contribution in [1.82, 2.24) is 10.6 Å². The minimum atomic E-state index is -4.43. The molecule has 1 atom stereocenters. The summed E-state index contributed by atoms with van der Waals surface area (Å²) in [4.78, 5) is 11.7. The summed E-state index contributed by atoms with van der Waals surface area (Å²) < 4.78 is 46.6. The van der Waals surface area contributed by atoms with Crippen LogP contribution in [0.15, 0.2) is 12.3 Å². The molecule has 0 aromatic carbocycles. The number of alkyl halides is 3. The van der Waals surface area contributed by atoms with E-state index in [9.17, 15) is 18.0 Å². The predicted molar refractivity (Wildman–Crippen MR) is 85.3 cm³/mol. The van der Waals surface area contributed by atoms with Gasteiger partial charge in [0, 0.05) is 26.8 Å². The molecular formula is C15H28F3N3O3. The second-order valence-electron chi connectivity index (χ2n) is 5.26. The molecule has 0 spiro atoms. The minimum Gasteiger partial charge on any atom is -0.382 e. The van der Waals surface area contributed by atoms with E-state index >= 15 is 0 Å². The highest BCUT2D eigenvalue weighted by Crippen LogP contribution is 2.21. The van der Waals surface area contributed by atoms with Gasteiger partial charge in [0.15, 0.2) is 0 Å². The van der Waals surface area contributed by atoms with Gasteiger partial charge in [-0.05, 0) is 25.7 Å². The lowest BCUT2D eigenvalue weighted by atomic mass is 10.1. The van der Waals surface area contributed by atoms with Crippen molar-refractivity contribution in [3.63, 3.8) is 0 Å². The van der Waals surface area contributed by atoms with Gasteiger partial charge in [0.1, 0.15) is 5.70 Å². The normalized spacial score (nSPS) is 12.7. The number of nitrogens with one attached hydrogen (secondary N) is 2. The first kappa shape index (κ1) is 22.7. The van der Waals surface area contributed by atoms with Gasteiger partial charge in [0.05, 0.1) is 19.3 Å². The summed E-state index contributed by atoms with van der Waals surface area (Å²) in [6, 6.07) is -0.662. The maximum atomic E-state index is 12.2. The van der Waals surface area contributed by atoms with Crippen LogP contribution in [-0.2, 0) is 14.3 Å². The molecule has 6 nitrogen and oxygen atoms in total. The molecule has 0 aromatic heterocycles. The molecule has 0 rings (SSSR count). The van der Waals surface area contributed by atoms with Gasteiger partial charge in [-0.2, -0.15) is 13.2 Å². The number of allylic oxidation sites excluding steroid dienone is 1. The molecule has 4 N–H and O–H groups in total. The van der Waals surface area contributed by atoms with E-state index in [0.717, 1.165) is 0 Å². The lowest BCUT2D eigenvalue weighted by Crippen LogP contribution is -2.41. The molecular weight excluding hydrogens is 327 g/mol. The molecule has 0 aliphatic rings. The highest BCUT2D eigenvalue weighted by Gasteiger charge is 2.31. The molecule has 0 heterocycles. The van der Waals surface area contributed by atoms with Crippen molar-refractivity contribution < 1.29 is 27.4 Å². The van der Waals surface area contributed by atoms with E-state index < -0.39 is 17.9 Å². The quantitative estimate of drug-likeness (QED) is 0.409. The lowest BCUT2D eigenvalue weighted by Gasteiger charge is -2.14. The summed E-state index contributed by atoms with van der Waals surface area (Å²) in [5.41, 5.74) is 4.77. The number of methoxy groups -OCH3 is 1. The molecule has 0 aliphatic carbocycles. The van der Waals surface area contributed by atoms with Crippen molar-refractivity contribution in [2.45, 2.75) is 37.9 Å². The van der Waals surface area contributed by atoms with Crippen LogP contribution < -0.4 is 16.4 Å². The molecule has 1 amide bonds. The highest BCUT2D eigenvalue weighted by atomic mass is 19.4. The number of halogens is 3. The number of ether oxygens (including phenoxy) is 2. The fourth-order valence-electron chi connectivity index (χ4n) is 1.72. The fourth-order valence-corrected chi connectivity index (χ4v) is 1.72. The Hall–Kier alpha value is -1.32.